The number of nitrogens with zero attached hydrogens (tertiary/aromatic N) is 3. The normalized spacial score (nSPS) is 20.5. The Morgan fingerprint density at radius 1 is 1.04 bits per heavy atom. The van der Waals surface area contributed by atoms with Crippen LogP contribution in [-0.2, 0) is 15.0 Å². The van der Waals surface area contributed by atoms with Crippen LogP contribution in [0.25, 0.3) is 0 Å². The van der Waals surface area contributed by atoms with Crippen LogP contribution in [0.5, 0.6) is 0 Å². The van der Waals surface area contributed by atoms with Gasteiger partial charge in [-0.05, 0) is 30.2 Å². The number of nitrogens with one attached hydrogen (secondary N) is 1. The summed E-state index contributed by atoms with van der Waals surface area (Å²) in [6.07, 6.45) is 1.80. The third kappa shape index (κ3) is 4.56. The Morgan fingerprint density at radius 2 is 1.64 bits per heavy atom. The highest BCUT2D eigenvalue weighted by atomic mass is 32.2. The lowest BCUT2D eigenvalue weighted by molar-refractivity contribution is -0.135. The quantitative estimate of drug-likeness (QED) is 0.732. The van der Waals surface area contributed by atoms with E-state index < -0.39 is 16.3 Å². The Labute approximate surface area is 170 Å². The molecule has 2 amide bonds. The first-order valence-corrected chi connectivity index (χ1v) is 12.0. The van der Waals surface area contributed by atoms with Crippen LogP contribution in [0.3, 0.4) is 0 Å². The summed E-state index contributed by atoms with van der Waals surface area (Å²) in [6, 6.07) is 2.90. The van der Waals surface area contributed by atoms with E-state index in [1.54, 1.807) is 17.0 Å². The van der Waals surface area contributed by atoms with Crippen molar-refractivity contribution in [3.8, 4) is 0 Å². The highest BCUT2D eigenvalue weighted by molar-refractivity contribution is 7.86. The molecule has 10 heteroatoms. The molecule has 1 atom stereocenters. The summed E-state index contributed by atoms with van der Waals surface area (Å²) in [5.41, 5.74) is 0. The van der Waals surface area contributed by atoms with E-state index in [-0.39, 0.29) is 30.8 Å². The lowest BCUT2D eigenvalue weighted by atomic mass is 10.0. The molecule has 2 fully saturated rings. The number of hydrogen-bond donors (Lipinski definition) is 1. The van der Waals surface area contributed by atoms with E-state index in [2.05, 4.69) is 5.32 Å². The van der Waals surface area contributed by atoms with Gasteiger partial charge < -0.3 is 10.2 Å². The van der Waals surface area contributed by atoms with Crippen LogP contribution >= 0.6 is 11.3 Å². The number of thiophene rings is 1. The number of hydrogen-bond acceptors (Lipinski definition) is 5. The number of piperazine rings is 1. The van der Waals surface area contributed by atoms with Gasteiger partial charge in [-0.2, -0.15) is 17.0 Å². The molecule has 2 aliphatic rings. The van der Waals surface area contributed by atoms with Crippen molar-refractivity contribution in [2.75, 3.05) is 39.3 Å². The first-order valence-electron chi connectivity index (χ1n) is 9.69. The van der Waals surface area contributed by atoms with Crippen molar-refractivity contribution in [2.24, 2.45) is 5.92 Å². The molecular weight excluding hydrogens is 400 g/mol. The summed E-state index contributed by atoms with van der Waals surface area (Å²) in [6.45, 7) is 6.19. The number of rotatable bonds is 6. The first-order chi connectivity index (χ1) is 13.3. The molecule has 8 nitrogen and oxygen atoms in total. The number of amides is 2. The molecule has 1 unspecified atom stereocenters. The van der Waals surface area contributed by atoms with Gasteiger partial charge in [0, 0.05) is 39.3 Å². The van der Waals surface area contributed by atoms with Gasteiger partial charge in [-0.3, -0.25) is 9.59 Å². The highest BCUT2D eigenvalue weighted by Crippen LogP contribution is 2.19. The van der Waals surface area contributed by atoms with Crippen molar-refractivity contribution < 1.29 is 18.0 Å². The number of carbonyl (C=O) groups excluding carboxylic acids is 2. The van der Waals surface area contributed by atoms with Gasteiger partial charge in [-0.15, -0.1) is 11.3 Å². The SMILES string of the molecule is CC(C)C(NC(=O)c1cccs1)C(=O)N1CCN(S(=O)(=O)N2CCCC2)CC1. The lowest BCUT2D eigenvalue weighted by Crippen LogP contribution is -2.58. The predicted octanol–water partition coefficient (Wildman–Crippen LogP) is 0.987. The van der Waals surface area contributed by atoms with Crippen LogP contribution < -0.4 is 5.32 Å². The maximum absolute atomic E-state index is 13.0. The standard InChI is InChI=1S/C18H28N4O4S2/c1-14(2)16(19-17(23)15-6-5-13-27-15)18(24)20-9-11-22(12-10-20)28(25,26)21-7-3-4-8-21/h5-6,13-14,16H,3-4,7-12H2,1-2H3,(H,19,23). The minimum absolute atomic E-state index is 0.0669. The molecule has 3 heterocycles. The van der Waals surface area contributed by atoms with Crippen molar-refractivity contribution >= 4 is 33.4 Å². The molecule has 0 bridgehead atoms. The monoisotopic (exact) mass is 428 g/mol. The van der Waals surface area contributed by atoms with Crippen LogP contribution in [-0.4, -0.2) is 79.1 Å². The molecule has 1 N–H and O–H groups in total. The molecule has 3 rings (SSSR count). The maximum atomic E-state index is 13.0. The lowest BCUT2D eigenvalue weighted by Gasteiger charge is -2.37. The molecule has 0 spiro atoms. The van der Waals surface area contributed by atoms with E-state index in [1.807, 2.05) is 19.2 Å². The van der Waals surface area contributed by atoms with Crippen LogP contribution in [0.15, 0.2) is 17.5 Å². The van der Waals surface area contributed by atoms with Gasteiger partial charge in [0.2, 0.25) is 5.91 Å². The minimum atomic E-state index is -3.44. The van der Waals surface area contributed by atoms with Crippen LogP contribution in [0.4, 0.5) is 0 Å². The highest BCUT2D eigenvalue weighted by Gasteiger charge is 2.36. The Hall–Kier alpha value is -1.49. The van der Waals surface area contributed by atoms with Gasteiger partial charge in [0.1, 0.15) is 6.04 Å². The zero-order chi connectivity index (χ0) is 20.3. The van der Waals surface area contributed by atoms with Crippen LogP contribution in [0.1, 0.15) is 36.4 Å². The topological polar surface area (TPSA) is 90.0 Å². The second-order valence-corrected chi connectivity index (χ2v) is 10.4. The van der Waals surface area contributed by atoms with Crippen LogP contribution in [0.2, 0.25) is 0 Å². The minimum Gasteiger partial charge on any atom is -0.339 e. The largest absolute Gasteiger partial charge is 0.339 e. The van der Waals surface area contributed by atoms with E-state index in [0.717, 1.165) is 12.8 Å². The molecule has 1 aromatic heterocycles. The molecule has 2 saturated heterocycles. The summed E-state index contributed by atoms with van der Waals surface area (Å²) >= 11 is 1.33. The fourth-order valence-electron chi connectivity index (χ4n) is 3.55. The fraction of sp³-hybridized carbons (Fsp3) is 0.667. The second kappa shape index (κ2) is 8.89. The molecule has 156 valence electrons. The van der Waals surface area contributed by atoms with Crippen LogP contribution in [0, 0.1) is 5.92 Å². The third-order valence-electron chi connectivity index (χ3n) is 5.23. The van der Waals surface area contributed by atoms with E-state index in [1.165, 1.54) is 19.9 Å². The zero-order valence-corrected chi connectivity index (χ0v) is 18.0. The Kier molecular flexibility index (Phi) is 6.74. The molecule has 0 saturated carbocycles. The summed E-state index contributed by atoms with van der Waals surface area (Å²) in [4.78, 5) is 27.6. The summed E-state index contributed by atoms with van der Waals surface area (Å²) in [5.74, 6) is -0.474. The van der Waals surface area contributed by atoms with Crippen molar-refractivity contribution in [1.82, 2.24) is 18.8 Å². The molecular formula is C18H28N4O4S2. The van der Waals surface area contributed by atoms with E-state index in [9.17, 15) is 18.0 Å². The molecule has 0 aliphatic carbocycles. The Balaban J connectivity index is 1.60. The predicted molar refractivity (Wildman–Crippen MR) is 108 cm³/mol. The van der Waals surface area contributed by atoms with Gasteiger partial charge in [0.15, 0.2) is 0 Å². The second-order valence-electron chi connectivity index (χ2n) is 7.51. The van der Waals surface area contributed by atoms with Gasteiger partial charge >= 0.3 is 0 Å². The smallest absolute Gasteiger partial charge is 0.282 e. The zero-order valence-electron chi connectivity index (χ0n) is 16.3. The molecule has 0 radical (unpaired) electrons. The van der Waals surface area contributed by atoms with E-state index in [0.29, 0.717) is 31.1 Å². The molecule has 28 heavy (non-hydrogen) atoms. The van der Waals surface area contributed by atoms with E-state index in [4.69, 9.17) is 0 Å². The fourth-order valence-corrected chi connectivity index (χ4v) is 5.85. The van der Waals surface area contributed by atoms with Crippen molar-refractivity contribution in [3.05, 3.63) is 22.4 Å². The maximum Gasteiger partial charge on any atom is 0.282 e. The third-order valence-corrected chi connectivity index (χ3v) is 8.14. The van der Waals surface area contributed by atoms with Crippen molar-refractivity contribution in [3.63, 3.8) is 0 Å². The van der Waals surface area contributed by atoms with Crippen molar-refractivity contribution in [2.45, 2.75) is 32.7 Å². The first kappa shape index (κ1) is 21.2. The van der Waals surface area contributed by atoms with Crippen molar-refractivity contribution in [1.29, 1.82) is 0 Å². The summed E-state index contributed by atoms with van der Waals surface area (Å²) < 4.78 is 28.4. The van der Waals surface area contributed by atoms with E-state index >= 15 is 0 Å². The molecule has 2 aliphatic heterocycles. The summed E-state index contributed by atoms with van der Waals surface area (Å²) in [5, 5.41) is 4.66. The van der Waals surface area contributed by atoms with Gasteiger partial charge in [-0.25, -0.2) is 0 Å². The van der Waals surface area contributed by atoms with Gasteiger partial charge in [0.25, 0.3) is 16.1 Å². The Morgan fingerprint density at radius 3 is 2.18 bits per heavy atom. The summed E-state index contributed by atoms with van der Waals surface area (Å²) in [7, 11) is -3.44. The Bertz CT molecular complexity index is 781. The number of carbonyl (C=O) groups is 2. The van der Waals surface area contributed by atoms with Gasteiger partial charge in [-0.1, -0.05) is 19.9 Å². The average Bonchev–Trinajstić information content (AvgIpc) is 3.39. The average molecular weight is 429 g/mol. The molecule has 0 aromatic carbocycles. The molecule has 1 aromatic rings. The van der Waals surface area contributed by atoms with Gasteiger partial charge in [0.05, 0.1) is 4.88 Å².